The molecule has 2 aromatic heterocycles. The minimum Gasteiger partial charge on any atom is -0.486 e. The minimum absolute atomic E-state index is 0.223. The number of ether oxygens (including phenoxy) is 2. The van der Waals surface area contributed by atoms with E-state index in [9.17, 15) is 4.79 Å². The molecule has 3 heterocycles. The Morgan fingerprint density at radius 1 is 0.968 bits per heavy atom. The molecule has 0 atom stereocenters. The molecule has 2 aromatic carbocycles. The maximum Gasteiger partial charge on any atom is 0.256 e. The lowest BCUT2D eigenvalue weighted by molar-refractivity contribution is 0.102. The second kappa shape index (κ2) is 7.43. The summed E-state index contributed by atoms with van der Waals surface area (Å²) in [5, 5.41) is 8.39. The van der Waals surface area contributed by atoms with Crippen molar-refractivity contribution in [2.75, 3.05) is 18.5 Å². The summed E-state index contributed by atoms with van der Waals surface area (Å²) in [5.74, 6) is 1.09. The third-order valence-electron chi connectivity index (χ3n) is 5.26. The molecule has 0 saturated carbocycles. The number of hydrogen-bond acceptors (Lipinski definition) is 5. The van der Waals surface area contributed by atoms with Crippen molar-refractivity contribution < 1.29 is 14.3 Å². The quantitative estimate of drug-likeness (QED) is 0.539. The van der Waals surface area contributed by atoms with Gasteiger partial charge in [-0.15, -0.1) is 0 Å². The summed E-state index contributed by atoms with van der Waals surface area (Å²) in [7, 11) is 0. The van der Waals surface area contributed by atoms with Crippen LogP contribution in [0.25, 0.3) is 16.7 Å². The molecule has 1 aliphatic heterocycles. The lowest BCUT2D eigenvalue weighted by Gasteiger charge is -2.19. The molecule has 5 rings (SSSR count). The Morgan fingerprint density at radius 3 is 2.48 bits per heavy atom. The molecular weight excluding hydrogens is 392 g/mol. The van der Waals surface area contributed by atoms with E-state index in [1.807, 2.05) is 45.0 Å². The van der Waals surface area contributed by atoms with Gasteiger partial charge in [0.25, 0.3) is 5.91 Å². The SMILES string of the molecule is Cc1ccc(-n2nc(C)c3c(C(=O)Nc4ccc5c(c4)OCCO5)cc(C)nc32)cc1. The summed E-state index contributed by atoms with van der Waals surface area (Å²) in [6, 6.07) is 15.2. The lowest BCUT2D eigenvalue weighted by Crippen LogP contribution is -2.17. The van der Waals surface area contributed by atoms with Gasteiger partial charge in [0.05, 0.1) is 22.3 Å². The van der Waals surface area contributed by atoms with Crippen LogP contribution in [0.1, 0.15) is 27.3 Å². The fraction of sp³-hybridized carbons (Fsp3) is 0.208. The molecule has 1 N–H and O–H groups in total. The zero-order chi connectivity index (χ0) is 21.5. The van der Waals surface area contributed by atoms with Gasteiger partial charge in [-0.05, 0) is 51.1 Å². The molecule has 7 heteroatoms. The lowest BCUT2D eigenvalue weighted by atomic mass is 10.1. The number of hydrogen-bond donors (Lipinski definition) is 1. The van der Waals surface area contributed by atoms with Gasteiger partial charge in [-0.3, -0.25) is 4.79 Å². The molecule has 31 heavy (non-hydrogen) atoms. The van der Waals surface area contributed by atoms with Crippen molar-refractivity contribution in [3.8, 4) is 17.2 Å². The highest BCUT2D eigenvalue weighted by Gasteiger charge is 2.20. The number of carbonyl (C=O) groups excluding carboxylic acids is 1. The van der Waals surface area contributed by atoms with E-state index in [0.29, 0.717) is 41.6 Å². The predicted molar refractivity (Wildman–Crippen MR) is 118 cm³/mol. The molecule has 0 aliphatic carbocycles. The Kier molecular flexibility index (Phi) is 4.58. The summed E-state index contributed by atoms with van der Waals surface area (Å²) < 4.78 is 13.0. The normalized spacial score (nSPS) is 12.7. The maximum atomic E-state index is 13.2. The minimum atomic E-state index is -0.223. The van der Waals surface area contributed by atoms with Crippen molar-refractivity contribution in [2.45, 2.75) is 20.8 Å². The number of anilines is 1. The Labute approximate surface area is 179 Å². The molecule has 7 nitrogen and oxygen atoms in total. The van der Waals surface area contributed by atoms with Crippen molar-refractivity contribution in [3.05, 3.63) is 71.0 Å². The average molecular weight is 414 g/mol. The zero-order valence-corrected chi connectivity index (χ0v) is 17.6. The van der Waals surface area contributed by atoms with Crippen LogP contribution in [0.5, 0.6) is 11.5 Å². The van der Waals surface area contributed by atoms with E-state index in [-0.39, 0.29) is 5.91 Å². The fourth-order valence-corrected chi connectivity index (χ4v) is 3.78. The Balaban J connectivity index is 1.55. The highest BCUT2D eigenvalue weighted by molar-refractivity contribution is 6.12. The van der Waals surface area contributed by atoms with Crippen LogP contribution in [0.15, 0.2) is 48.5 Å². The zero-order valence-electron chi connectivity index (χ0n) is 17.6. The number of nitrogens with zero attached hydrogens (tertiary/aromatic N) is 3. The van der Waals surface area contributed by atoms with Crippen molar-refractivity contribution in [2.24, 2.45) is 0 Å². The first-order valence-electron chi connectivity index (χ1n) is 10.1. The number of aromatic nitrogens is 3. The van der Waals surface area contributed by atoms with Gasteiger partial charge in [0.2, 0.25) is 0 Å². The number of amides is 1. The molecule has 4 aromatic rings. The first-order chi connectivity index (χ1) is 15.0. The van der Waals surface area contributed by atoms with E-state index in [0.717, 1.165) is 22.5 Å². The van der Waals surface area contributed by atoms with Crippen LogP contribution >= 0.6 is 0 Å². The van der Waals surface area contributed by atoms with E-state index in [1.165, 1.54) is 5.56 Å². The first kappa shape index (κ1) is 19.1. The van der Waals surface area contributed by atoms with Crippen LogP contribution < -0.4 is 14.8 Å². The average Bonchev–Trinajstić information content (AvgIpc) is 3.09. The van der Waals surface area contributed by atoms with Crippen LogP contribution in [-0.4, -0.2) is 33.9 Å². The van der Waals surface area contributed by atoms with Gasteiger partial charge in [-0.1, -0.05) is 17.7 Å². The number of fused-ring (bicyclic) bond motifs is 2. The standard InChI is InChI=1S/C24H22N4O3/c1-14-4-7-18(8-5-14)28-23-22(16(3)27-28)19(12-15(2)25-23)24(29)26-17-6-9-20-21(13-17)31-11-10-30-20/h4-9,12-13H,10-11H2,1-3H3,(H,26,29). The first-order valence-corrected chi connectivity index (χ1v) is 10.1. The molecular formula is C24H22N4O3. The number of pyridine rings is 1. The van der Waals surface area contributed by atoms with Crippen LogP contribution in [0.4, 0.5) is 5.69 Å². The van der Waals surface area contributed by atoms with Gasteiger partial charge in [0.15, 0.2) is 17.1 Å². The van der Waals surface area contributed by atoms with E-state index in [2.05, 4.69) is 15.4 Å². The molecule has 156 valence electrons. The molecule has 0 fully saturated rings. The summed E-state index contributed by atoms with van der Waals surface area (Å²) in [6.45, 7) is 6.83. The van der Waals surface area contributed by atoms with E-state index in [1.54, 1.807) is 28.9 Å². The van der Waals surface area contributed by atoms with Crippen molar-refractivity contribution in [1.82, 2.24) is 14.8 Å². The topological polar surface area (TPSA) is 78.3 Å². The van der Waals surface area contributed by atoms with E-state index in [4.69, 9.17) is 9.47 Å². The second-order valence-corrected chi connectivity index (χ2v) is 7.66. The second-order valence-electron chi connectivity index (χ2n) is 7.66. The summed E-state index contributed by atoms with van der Waals surface area (Å²) >= 11 is 0. The number of aryl methyl sites for hydroxylation is 3. The summed E-state index contributed by atoms with van der Waals surface area (Å²) in [4.78, 5) is 17.9. The molecule has 1 amide bonds. The Hall–Kier alpha value is -3.87. The summed E-state index contributed by atoms with van der Waals surface area (Å²) in [5.41, 5.74) is 5.39. The number of carbonyl (C=O) groups is 1. The number of rotatable bonds is 3. The van der Waals surface area contributed by atoms with Crippen LogP contribution in [-0.2, 0) is 0 Å². The molecule has 0 unspecified atom stereocenters. The molecule has 0 spiro atoms. The molecule has 0 bridgehead atoms. The van der Waals surface area contributed by atoms with E-state index >= 15 is 0 Å². The van der Waals surface area contributed by atoms with Gasteiger partial charge in [-0.25, -0.2) is 9.67 Å². The van der Waals surface area contributed by atoms with Crippen molar-refractivity contribution in [1.29, 1.82) is 0 Å². The van der Waals surface area contributed by atoms with Gasteiger partial charge < -0.3 is 14.8 Å². The van der Waals surface area contributed by atoms with Crippen molar-refractivity contribution >= 4 is 22.6 Å². The maximum absolute atomic E-state index is 13.2. The Morgan fingerprint density at radius 2 is 1.71 bits per heavy atom. The summed E-state index contributed by atoms with van der Waals surface area (Å²) in [6.07, 6.45) is 0. The van der Waals surface area contributed by atoms with Gasteiger partial charge in [-0.2, -0.15) is 5.10 Å². The van der Waals surface area contributed by atoms with Crippen LogP contribution in [0.2, 0.25) is 0 Å². The van der Waals surface area contributed by atoms with Crippen LogP contribution in [0, 0.1) is 20.8 Å². The predicted octanol–water partition coefficient (Wildman–Crippen LogP) is 4.37. The fourth-order valence-electron chi connectivity index (χ4n) is 3.78. The molecule has 0 saturated heterocycles. The van der Waals surface area contributed by atoms with Crippen molar-refractivity contribution in [3.63, 3.8) is 0 Å². The molecule has 0 radical (unpaired) electrons. The third kappa shape index (κ3) is 3.48. The van der Waals surface area contributed by atoms with Gasteiger partial charge >= 0.3 is 0 Å². The van der Waals surface area contributed by atoms with Gasteiger partial charge in [0.1, 0.15) is 13.2 Å². The smallest absolute Gasteiger partial charge is 0.256 e. The highest BCUT2D eigenvalue weighted by atomic mass is 16.6. The molecule has 1 aliphatic rings. The third-order valence-corrected chi connectivity index (χ3v) is 5.26. The monoisotopic (exact) mass is 414 g/mol. The highest BCUT2D eigenvalue weighted by Crippen LogP contribution is 2.33. The number of benzene rings is 2. The largest absolute Gasteiger partial charge is 0.486 e. The van der Waals surface area contributed by atoms with Crippen LogP contribution in [0.3, 0.4) is 0 Å². The Bertz CT molecular complexity index is 1310. The van der Waals surface area contributed by atoms with Gasteiger partial charge in [0, 0.05) is 17.4 Å². The van der Waals surface area contributed by atoms with E-state index < -0.39 is 0 Å². The number of nitrogens with one attached hydrogen (secondary N) is 1.